The summed E-state index contributed by atoms with van der Waals surface area (Å²) in [5.74, 6) is 0.885. The lowest BCUT2D eigenvalue weighted by Crippen LogP contribution is -2.46. The first-order chi connectivity index (χ1) is 8.72. The smallest absolute Gasteiger partial charge is 0.225 e. The maximum atomic E-state index is 4.63. The van der Waals surface area contributed by atoms with Gasteiger partial charge >= 0.3 is 0 Å². The van der Waals surface area contributed by atoms with Crippen molar-refractivity contribution in [2.24, 2.45) is 0 Å². The molecule has 0 unspecified atom stereocenters. The molecule has 1 aliphatic rings. The summed E-state index contributed by atoms with van der Waals surface area (Å²) < 4.78 is 0. The highest BCUT2D eigenvalue weighted by Gasteiger charge is 2.18. The maximum absolute atomic E-state index is 4.63. The summed E-state index contributed by atoms with van der Waals surface area (Å²) in [5, 5.41) is 3.14. The Balaban J connectivity index is 2.08. The predicted octanol–water partition coefficient (Wildman–Crippen LogP) is 0.646. The van der Waals surface area contributed by atoms with Gasteiger partial charge < -0.3 is 15.1 Å². The summed E-state index contributed by atoms with van der Waals surface area (Å²) in [7, 11) is 1.94. The predicted molar refractivity (Wildman–Crippen MR) is 73.9 cm³/mol. The van der Waals surface area contributed by atoms with Gasteiger partial charge in [-0.05, 0) is 26.6 Å². The third-order valence-corrected chi connectivity index (χ3v) is 3.36. The van der Waals surface area contributed by atoms with Crippen molar-refractivity contribution < 1.29 is 0 Å². The molecule has 0 aliphatic carbocycles. The SMILES string of the molecule is CCN1CCN(c2nc(C)cc(CNC)n2)CC1. The molecular weight excluding hydrogens is 226 g/mol. The maximum Gasteiger partial charge on any atom is 0.225 e. The van der Waals surface area contributed by atoms with Crippen molar-refractivity contribution in [3.8, 4) is 0 Å². The quantitative estimate of drug-likeness (QED) is 0.848. The number of hydrogen-bond donors (Lipinski definition) is 1. The van der Waals surface area contributed by atoms with Crippen LogP contribution in [0.15, 0.2) is 6.07 Å². The molecule has 0 spiro atoms. The summed E-state index contributed by atoms with van der Waals surface area (Å²) in [6.07, 6.45) is 0. The Labute approximate surface area is 109 Å². The van der Waals surface area contributed by atoms with Gasteiger partial charge in [0, 0.05) is 38.4 Å². The van der Waals surface area contributed by atoms with Crippen LogP contribution in [0.1, 0.15) is 18.3 Å². The Morgan fingerprint density at radius 2 is 1.94 bits per heavy atom. The molecule has 1 saturated heterocycles. The number of nitrogens with one attached hydrogen (secondary N) is 1. The van der Waals surface area contributed by atoms with Crippen molar-refractivity contribution in [2.75, 3.05) is 44.7 Å². The van der Waals surface area contributed by atoms with Gasteiger partial charge in [-0.25, -0.2) is 9.97 Å². The average molecular weight is 249 g/mol. The summed E-state index contributed by atoms with van der Waals surface area (Å²) >= 11 is 0. The molecule has 1 aromatic rings. The second kappa shape index (κ2) is 6.11. The first-order valence-corrected chi connectivity index (χ1v) is 6.69. The van der Waals surface area contributed by atoms with Gasteiger partial charge in [0.1, 0.15) is 0 Å². The van der Waals surface area contributed by atoms with Crippen molar-refractivity contribution in [1.29, 1.82) is 0 Å². The van der Waals surface area contributed by atoms with E-state index in [1.54, 1.807) is 0 Å². The van der Waals surface area contributed by atoms with Crippen LogP contribution in [0.2, 0.25) is 0 Å². The molecule has 1 aliphatic heterocycles. The lowest BCUT2D eigenvalue weighted by molar-refractivity contribution is 0.269. The number of hydrogen-bond acceptors (Lipinski definition) is 5. The van der Waals surface area contributed by atoms with E-state index in [4.69, 9.17) is 0 Å². The zero-order valence-corrected chi connectivity index (χ0v) is 11.6. The largest absolute Gasteiger partial charge is 0.338 e. The standard InChI is InChI=1S/C13H23N5/c1-4-17-5-7-18(8-6-17)13-15-11(2)9-12(16-13)10-14-3/h9,14H,4-8,10H2,1-3H3. The van der Waals surface area contributed by atoms with Gasteiger partial charge in [0.15, 0.2) is 0 Å². The molecular formula is C13H23N5. The zero-order chi connectivity index (χ0) is 13.0. The lowest BCUT2D eigenvalue weighted by atomic mass is 10.3. The van der Waals surface area contributed by atoms with E-state index in [0.717, 1.165) is 56.6 Å². The van der Waals surface area contributed by atoms with E-state index >= 15 is 0 Å². The highest BCUT2D eigenvalue weighted by atomic mass is 15.3. The van der Waals surface area contributed by atoms with E-state index in [0.29, 0.717) is 0 Å². The van der Waals surface area contributed by atoms with Crippen LogP contribution in [-0.4, -0.2) is 54.6 Å². The van der Waals surface area contributed by atoms with Crippen molar-refractivity contribution in [2.45, 2.75) is 20.4 Å². The number of nitrogens with zero attached hydrogens (tertiary/aromatic N) is 4. The van der Waals surface area contributed by atoms with Gasteiger partial charge in [0.05, 0.1) is 5.69 Å². The normalized spacial score (nSPS) is 17.2. The Morgan fingerprint density at radius 1 is 1.22 bits per heavy atom. The molecule has 2 rings (SSSR count). The molecule has 0 amide bonds. The molecule has 1 N–H and O–H groups in total. The first kappa shape index (κ1) is 13.2. The molecule has 1 aromatic heterocycles. The van der Waals surface area contributed by atoms with Gasteiger partial charge in [-0.15, -0.1) is 0 Å². The summed E-state index contributed by atoms with van der Waals surface area (Å²) in [5.41, 5.74) is 2.11. The number of rotatable bonds is 4. The minimum atomic E-state index is 0.797. The second-order valence-corrected chi connectivity index (χ2v) is 4.75. The van der Waals surface area contributed by atoms with Crippen LogP contribution in [0.4, 0.5) is 5.95 Å². The number of anilines is 1. The summed E-state index contributed by atoms with van der Waals surface area (Å²) in [4.78, 5) is 13.9. The molecule has 2 heterocycles. The number of aryl methyl sites for hydroxylation is 1. The molecule has 5 nitrogen and oxygen atoms in total. The highest BCUT2D eigenvalue weighted by molar-refractivity contribution is 5.33. The Hall–Kier alpha value is -1.20. The van der Waals surface area contributed by atoms with E-state index in [1.807, 2.05) is 20.0 Å². The second-order valence-electron chi connectivity index (χ2n) is 4.75. The van der Waals surface area contributed by atoms with Gasteiger partial charge in [0.25, 0.3) is 0 Å². The van der Waals surface area contributed by atoms with Crippen LogP contribution in [0.25, 0.3) is 0 Å². The first-order valence-electron chi connectivity index (χ1n) is 6.69. The Morgan fingerprint density at radius 3 is 2.56 bits per heavy atom. The summed E-state index contributed by atoms with van der Waals surface area (Å²) in [6.45, 7) is 10.4. The third-order valence-electron chi connectivity index (χ3n) is 3.36. The molecule has 18 heavy (non-hydrogen) atoms. The molecule has 5 heteroatoms. The van der Waals surface area contributed by atoms with Crippen molar-refractivity contribution in [1.82, 2.24) is 20.2 Å². The number of aromatic nitrogens is 2. The van der Waals surface area contributed by atoms with Crippen molar-refractivity contribution in [3.05, 3.63) is 17.5 Å². The van der Waals surface area contributed by atoms with E-state index in [9.17, 15) is 0 Å². The average Bonchev–Trinajstić information content (AvgIpc) is 2.38. The molecule has 1 fully saturated rings. The van der Waals surface area contributed by atoms with E-state index in [-0.39, 0.29) is 0 Å². The molecule has 0 atom stereocenters. The summed E-state index contributed by atoms with van der Waals surface area (Å²) in [6, 6.07) is 2.04. The van der Waals surface area contributed by atoms with E-state index in [1.165, 1.54) is 0 Å². The number of piperazine rings is 1. The van der Waals surface area contributed by atoms with Gasteiger partial charge in [-0.2, -0.15) is 0 Å². The van der Waals surface area contributed by atoms with Crippen molar-refractivity contribution >= 4 is 5.95 Å². The molecule has 0 aromatic carbocycles. The van der Waals surface area contributed by atoms with Gasteiger partial charge in [-0.1, -0.05) is 6.92 Å². The third kappa shape index (κ3) is 3.17. The van der Waals surface area contributed by atoms with Gasteiger partial charge in [-0.3, -0.25) is 0 Å². The van der Waals surface area contributed by atoms with Crippen molar-refractivity contribution in [3.63, 3.8) is 0 Å². The van der Waals surface area contributed by atoms with Gasteiger partial charge in [0.2, 0.25) is 5.95 Å². The number of likely N-dealkylation sites (N-methyl/N-ethyl adjacent to an activating group) is 1. The fraction of sp³-hybridized carbons (Fsp3) is 0.692. The Bertz CT molecular complexity index is 385. The van der Waals surface area contributed by atoms with Crippen LogP contribution in [-0.2, 0) is 6.54 Å². The minimum absolute atomic E-state index is 0.797. The monoisotopic (exact) mass is 249 g/mol. The molecule has 0 bridgehead atoms. The molecule has 0 saturated carbocycles. The molecule has 0 radical (unpaired) electrons. The van der Waals surface area contributed by atoms with E-state index in [2.05, 4.69) is 32.0 Å². The topological polar surface area (TPSA) is 44.3 Å². The molecule has 100 valence electrons. The highest BCUT2D eigenvalue weighted by Crippen LogP contribution is 2.13. The fourth-order valence-electron chi connectivity index (χ4n) is 2.29. The zero-order valence-electron chi connectivity index (χ0n) is 11.6. The van der Waals surface area contributed by atoms with E-state index < -0.39 is 0 Å². The van der Waals surface area contributed by atoms with Crippen LogP contribution >= 0.6 is 0 Å². The Kier molecular flexibility index (Phi) is 4.49. The van der Waals surface area contributed by atoms with Crippen LogP contribution < -0.4 is 10.2 Å². The minimum Gasteiger partial charge on any atom is -0.338 e. The lowest BCUT2D eigenvalue weighted by Gasteiger charge is -2.34. The van der Waals surface area contributed by atoms with Crippen LogP contribution in [0.3, 0.4) is 0 Å². The fourth-order valence-corrected chi connectivity index (χ4v) is 2.29. The van der Waals surface area contributed by atoms with Crippen LogP contribution in [0, 0.1) is 6.92 Å². The van der Waals surface area contributed by atoms with Crippen LogP contribution in [0.5, 0.6) is 0 Å².